The molecule has 0 saturated heterocycles. The van der Waals surface area contributed by atoms with E-state index in [1.807, 2.05) is 6.92 Å². The lowest BCUT2D eigenvalue weighted by Crippen LogP contribution is -2.56. The van der Waals surface area contributed by atoms with Gasteiger partial charge in [0.2, 0.25) is 0 Å². The minimum Gasteiger partial charge on any atom is -0.241 e. The lowest BCUT2D eigenvalue weighted by molar-refractivity contribution is -0.296. The van der Waals surface area contributed by atoms with Crippen molar-refractivity contribution >= 4 is 12.6 Å². The number of hydrogen-bond acceptors (Lipinski definition) is 1. The quantitative estimate of drug-likeness (QED) is 0.360. The van der Waals surface area contributed by atoms with E-state index in [-0.39, 0.29) is 6.42 Å². The van der Waals surface area contributed by atoms with E-state index in [4.69, 9.17) is 0 Å². The Bertz CT molecular complexity index is 249. The van der Waals surface area contributed by atoms with Crippen molar-refractivity contribution in [1.82, 2.24) is 0 Å². The smallest absolute Gasteiger partial charge is 0.241 e. The first-order valence-corrected chi connectivity index (χ1v) is 5.93. The number of halogens is 7. The molecule has 0 aliphatic rings. The van der Waals surface area contributed by atoms with Crippen LogP contribution in [0.4, 0.5) is 30.7 Å². The van der Waals surface area contributed by atoms with Crippen molar-refractivity contribution < 1.29 is 30.7 Å². The number of rotatable bonds is 8. The molecule has 0 fully saturated rings. The Kier molecular flexibility index (Phi) is 6.29. The third-order valence-corrected chi connectivity index (χ3v) is 2.78. The molecule has 0 heterocycles. The summed E-state index contributed by atoms with van der Waals surface area (Å²) in [5.74, 6) is -11.3. The molecular formula is C10H15F7S. The predicted octanol–water partition coefficient (Wildman–Crippen LogP) is 5.09. The minimum atomic E-state index is -5.83. The summed E-state index contributed by atoms with van der Waals surface area (Å²) >= 11 is 2.12. The maximum Gasteiger partial charge on any atom is 0.384 e. The summed E-state index contributed by atoms with van der Waals surface area (Å²) < 4.78 is 88.9. The van der Waals surface area contributed by atoms with Gasteiger partial charge in [0.1, 0.15) is 0 Å². The highest BCUT2D eigenvalue weighted by Gasteiger charge is 2.73. The van der Waals surface area contributed by atoms with Gasteiger partial charge in [-0.2, -0.15) is 26.3 Å². The van der Waals surface area contributed by atoms with E-state index in [2.05, 4.69) is 12.6 Å². The molecule has 0 aliphatic heterocycles. The van der Waals surface area contributed by atoms with Crippen LogP contribution in [0, 0.1) is 0 Å². The van der Waals surface area contributed by atoms with E-state index in [0.29, 0.717) is 12.8 Å². The minimum absolute atomic E-state index is 0.0567. The zero-order chi connectivity index (χ0) is 14.6. The molecule has 0 nitrogen and oxygen atoms in total. The maximum absolute atomic E-state index is 13.0. The molecule has 0 spiro atoms. The zero-order valence-corrected chi connectivity index (χ0v) is 10.6. The van der Waals surface area contributed by atoms with E-state index in [0.717, 1.165) is 6.42 Å². The fourth-order valence-electron chi connectivity index (χ4n) is 1.33. The molecule has 0 amide bonds. The van der Waals surface area contributed by atoms with Crippen molar-refractivity contribution in [3.05, 3.63) is 0 Å². The van der Waals surface area contributed by atoms with Gasteiger partial charge in [0, 0.05) is 0 Å². The summed E-state index contributed by atoms with van der Waals surface area (Å²) in [6.07, 6.45) is -2.49. The van der Waals surface area contributed by atoms with Crippen LogP contribution in [0.1, 0.15) is 39.0 Å². The Hall–Kier alpha value is -0.140. The topological polar surface area (TPSA) is 0 Å². The average Bonchev–Trinajstić information content (AvgIpc) is 2.22. The molecular weight excluding hydrogens is 285 g/mol. The number of alkyl halides is 7. The van der Waals surface area contributed by atoms with Crippen LogP contribution in [0.3, 0.4) is 0 Å². The highest BCUT2D eigenvalue weighted by atomic mass is 32.1. The van der Waals surface area contributed by atoms with Crippen LogP contribution >= 0.6 is 12.6 Å². The summed E-state index contributed by atoms with van der Waals surface area (Å²) in [5.41, 5.74) is 0. The first kappa shape index (κ1) is 17.9. The summed E-state index contributed by atoms with van der Waals surface area (Å²) in [4.78, 5) is 0. The predicted molar refractivity (Wildman–Crippen MR) is 57.5 cm³/mol. The number of thiol groups is 1. The summed E-state index contributed by atoms with van der Waals surface area (Å²) in [7, 11) is 0. The summed E-state index contributed by atoms with van der Waals surface area (Å²) in [6, 6.07) is 0. The Balaban J connectivity index is 4.61. The molecule has 0 bridgehead atoms. The van der Waals surface area contributed by atoms with Gasteiger partial charge in [-0.25, -0.2) is 4.39 Å². The van der Waals surface area contributed by atoms with Gasteiger partial charge in [-0.05, 0) is 6.42 Å². The van der Waals surface area contributed by atoms with Crippen LogP contribution in [0.2, 0.25) is 0 Å². The Morgan fingerprint density at radius 2 is 1.44 bits per heavy atom. The van der Waals surface area contributed by atoms with E-state index in [1.165, 1.54) is 0 Å². The molecule has 18 heavy (non-hydrogen) atoms. The van der Waals surface area contributed by atoms with E-state index in [1.54, 1.807) is 0 Å². The molecule has 0 rings (SSSR count). The van der Waals surface area contributed by atoms with Gasteiger partial charge in [0.05, 0.1) is 0 Å². The largest absolute Gasteiger partial charge is 0.384 e. The van der Waals surface area contributed by atoms with Gasteiger partial charge in [0.25, 0.3) is 0 Å². The Morgan fingerprint density at radius 1 is 0.944 bits per heavy atom. The van der Waals surface area contributed by atoms with Gasteiger partial charge in [0.15, 0.2) is 6.17 Å². The molecule has 110 valence electrons. The van der Waals surface area contributed by atoms with Crippen LogP contribution in [-0.2, 0) is 0 Å². The highest BCUT2D eigenvalue weighted by Crippen LogP contribution is 2.50. The second-order valence-corrected chi connectivity index (χ2v) is 4.62. The van der Waals surface area contributed by atoms with Crippen LogP contribution in [0.25, 0.3) is 0 Å². The first-order chi connectivity index (χ1) is 7.98. The SMILES string of the molecule is CCCCCCC(F)C(F)(F)C(F)(F)C(F)(F)S. The summed E-state index contributed by atoms with van der Waals surface area (Å²) in [6.45, 7) is 1.82. The normalized spacial score (nSPS) is 15.8. The van der Waals surface area contributed by atoms with E-state index < -0.39 is 29.7 Å². The van der Waals surface area contributed by atoms with Crippen molar-refractivity contribution in [3.8, 4) is 0 Å². The molecule has 0 aromatic heterocycles. The van der Waals surface area contributed by atoms with Gasteiger partial charge in [-0.1, -0.05) is 45.2 Å². The monoisotopic (exact) mass is 300 g/mol. The molecule has 0 saturated carbocycles. The maximum atomic E-state index is 13.0. The lowest BCUT2D eigenvalue weighted by Gasteiger charge is -2.32. The van der Waals surface area contributed by atoms with Gasteiger partial charge < -0.3 is 0 Å². The second kappa shape index (κ2) is 6.34. The van der Waals surface area contributed by atoms with Crippen molar-refractivity contribution in [2.24, 2.45) is 0 Å². The molecule has 0 aromatic carbocycles. The van der Waals surface area contributed by atoms with E-state index >= 15 is 0 Å². The fourth-order valence-corrected chi connectivity index (χ4v) is 1.48. The van der Waals surface area contributed by atoms with E-state index in [9.17, 15) is 30.7 Å². The molecule has 8 heteroatoms. The van der Waals surface area contributed by atoms with Crippen molar-refractivity contribution in [3.63, 3.8) is 0 Å². The lowest BCUT2D eigenvalue weighted by atomic mass is 10.0. The van der Waals surface area contributed by atoms with Gasteiger partial charge in [-0.15, -0.1) is 0 Å². The molecule has 0 aromatic rings. The average molecular weight is 300 g/mol. The molecule has 1 atom stereocenters. The van der Waals surface area contributed by atoms with Gasteiger partial charge >= 0.3 is 17.1 Å². The second-order valence-electron chi connectivity index (χ2n) is 4.06. The van der Waals surface area contributed by atoms with Crippen LogP contribution < -0.4 is 0 Å². The number of unbranched alkanes of at least 4 members (excludes halogenated alkanes) is 3. The first-order valence-electron chi connectivity index (χ1n) is 5.48. The molecule has 1 unspecified atom stereocenters. The van der Waals surface area contributed by atoms with Crippen molar-refractivity contribution in [2.75, 3.05) is 0 Å². The third-order valence-electron chi connectivity index (χ3n) is 2.50. The Morgan fingerprint density at radius 3 is 1.83 bits per heavy atom. The molecule has 0 N–H and O–H groups in total. The molecule has 0 radical (unpaired) electrons. The molecule has 0 aliphatic carbocycles. The van der Waals surface area contributed by atoms with Gasteiger partial charge in [-0.3, -0.25) is 0 Å². The highest BCUT2D eigenvalue weighted by molar-refractivity contribution is 7.81. The standard InChI is InChI=1S/C10H15F7S/c1-2-3-4-5-6-7(11)8(12,13)9(14,15)10(16,17)18/h7,18H,2-6H2,1H3. The van der Waals surface area contributed by atoms with Crippen molar-refractivity contribution in [1.29, 1.82) is 0 Å². The van der Waals surface area contributed by atoms with Crippen LogP contribution in [0.15, 0.2) is 0 Å². The van der Waals surface area contributed by atoms with Crippen LogP contribution in [-0.4, -0.2) is 23.3 Å². The number of hydrogen-bond donors (Lipinski definition) is 1. The summed E-state index contributed by atoms with van der Waals surface area (Å²) in [5, 5.41) is -5.27. The zero-order valence-electron chi connectivity index (χ0n) is 9.71. The van der Waals surface area contributed by atoms with Crippen LogP contribution in [0.5, 0.6) is 0 Å². The Labute approximate surface area is 106 Å². The third kappa shape index (κ3) is 3.93. The van der Waals surface area contributed by atoms with Crippen molar-refractivity contribution in [2.45, 2.75) is 62.3 Å². The fraction of sp³-hybridized carbons (Fsp3) is 1.00.